The van der Waals surface area contributed by atoms with E-state index in [1.807, 2.05) is 0 Å². The van der Waals surface area contributed by atoms with Crippen LogP contribution in [-0.4, -0.2) is 36.2 Å². The summed E-state index contributed by atoms with van der Waals surface area (Å²) in [5.74, 6) is 1.77. The maximum absolute atomic E-state index is 5.34. The third kappa shape index (κ3) is 2.21. The van der Waals surface area contributed by atoms with E-state index in [2.05, 4.69) is 21.4 Å². The number of rotatable bonds is 3. The first-order valence-corrected chi connectivity index (χ1v) is 5.80. The maximum Gasteiger partial charge on any atom is 0.140 e. The number of nitrogens with zero attached hydrogens (tertiary/aromatic N) is 2. The molecule has 82 valence electrons. The van der Waals surface area contributed by atoms with Gasteiger partial charge in [-0.1, -0.05) is 5.16 Å². The zero-order chi connectivity index (χ0) is 10.1. The highest BCUT2D eigenvalue weighted by atomic mass is 16.5. The van der Waals surface area contributed by atoms with Crippen molar-refractivity contribution in [3.8, 4) is 0 Å². The Kier molecular flexibility index (Phi) is 2.46. The second-order valence-corrected chi connectivity index (χ2v) is 4.52. The van der Waals surface area contributed by atoms with Crippen LogP contribution >= 0.6 is 0 Å². The van der Waals surface area contributed by atoms with Crippen molar-refractivity contribution in [1.82, 2.24) is 15.4 Å². The second kappa shape index (κ2) is 3.94. The molecule has 1 aliphatic heterocycles. The summed E-state index contributed by atoms with van der Waals surface area (Å²) >= 11 is 0. The predicted octanol–water partition coefficient (Wildman–Crippen LogP) is 0.957. The summed E-state index contributed by atoms with van der Waals surface area (Å²) in [6.07, 6.45) is 2.56. The largest absolute Gasteiger partial charge is 0.361 e. The first kappa shape index (κ1) is 9.36. The van der Waals surface area contributed by atoms with E-state index < -0.39 is 0 Å². The fourth-order valence-electron chi connectivity index (χ4n) is 2.06. The molecule has 0 amide bonds. The summed E-state index contributed by atoms with van der Waals surface area (Å²) in [6, 6.07) is 2.14. The summed E-state index contributed by atoms with van der Waals surface area (Å²) in [5, 5.41) is 7.48. The van der Waals surface area contributed by atoms with Gasteiger partial charge in [0.05, 0.1) is 5.69 Å². The Hall–Kier alpha value is -0.870. The molecule has 0 unspecified atom stereocenters. The minimum atomic E-state index is 0.675. The quantitative estimate of drug-likeness (QED) is 0.801. The standard InChI is InChI=1S/C11H17N3O/c1-2-9(1)11-7-10(13-15-11)8-14-5-3-12-4-6-14/h7,9,12H,1-6,8H2. The van der Waals surface area contributed by atoms with E-state index in [-0.39, 0.29) is 0 Å². The SMILES string of the molecule is c1c(CN2CCNCC2)noc1C1CC1. The smallest absolute Gasteiger partial charge is 0.140 e. The zero-order valence-corrected chi connectivity index (χ0v) is 8.91. The van der Waals surface area contributed by atoms with Crippen LogP contribution in [0.1, 0.15) is 30.2 Å². The van der Waals surface area contributed by atoms with Crippen LogP contribution in [0.4, 0.5) is 0 Å². The summed E-state index contributed by atoms with van der Waals surface area (Å²) in [6.45, 7) is 5.36. The van der Waals surface area contributed by atoms with Gasteiger partial charge in [-0.2, -0.15) is 0 Å². The van der Waals surface area contributed by atoms with Gasteiger partial charge in [0.15, 0.2) is 0 Å². The van der Waals surface area contributed by atoms with Crippen LogP contribution in [0.25, 0.3) is 0 Å². The molecule has 1 N–H and O–H groups in total. The first-order valence-electron chi connectivity index (χ1n) is 5.80. The molecule has 0 bridgehead atoms. The van der Waals surface area contributed by atoms with Crippen molar-refractivity contribution in [2.45, 2.75) is 25.3 Å². The lowest BCUT2D eigenvalue weighted by molar-refractivity contribution is 0.226. The van der Waals surface area contributed by atoms with E-state index in [4.69, 9.17) is 4.52 Å². The Morgan fingerprint density at radius 1 is 1.40 bits per heavy atom. The molecule has 1 aliphatic carbocycles. The fourth-order valence-corrected chi connectivity index (χ4v) is 2.06. The van der Waals surface area contributed by atoms with Crippen molar-refractivity contribution in [2.24, 2.45) is 0 Å². The second-order valence-electron chi connectivity index (χ2n) is 4.52. The van der Waals surface area contributed by atoms with E-state index >= 15 is 0 Å². The minimum Gasteiger partial charge on any atom is -0.361 e. The lowest BCUT2D eigenvalue weighted by atomic mass is 10.2. The molecular formula is C11H17N3O. The van der Waals surface area contributed by atoms with E-state index in [1.54, 1.807) is 0 Å². The van der Waals surface area contributed by atoms with E-state index in [0.29, 0.717) is 5.92 Å². The summed E-state index contributed by atoms with van der Waals surface area (Å²) in [7, 11) is 0. The Balaban J connectivity index is 1.60. The summed E-state index contributed by atoms with van der Waals surface area (Å²) in [4.78, 5) is 2.42. The van der Waals surface area contributed by atoms with Crippen molar-refractivity contribution in [2.75, 3.05) is 26.2 Å². The molecule has 1 saturated heterocycles. The van der Waals surface area contributed by atoms with Gasteiger partial charge < -0.3 is 9.84 Å². The molecule has 0 radical (unpaired) electrons. The molecule has 0 aromatic carbocycles. The average Bonchev–Trinajstić information content (AvgIpc) is 3.02. The number of hydrogen-bond acceptors (Lipinski definition) is 4. The van der Waals surface area contributed by atoms with Crippen molar-refractivity contribution in [3.63, 3.8) is 0 Å². The Morgan fingerprint density at radius 2 is 2.20 bits per heavy atom. The van der Waals surface area contributed by atoms with Gasteiger partial charge in [-0.15, -0.1) is 0 Å². The molecule has 2 fully saturated rings. The first-order chi connectivity index (χ1) is 7.42. The lowest BCUT2D eigenvalue weighted by Gasteiger charge is -2.25. The molecule has 1 saturated carbocycles. The third-order valence-electron chi connectivity index (χ3n) is 3.15. The van der Waals surface area contributed by atoms with Crippen LogP contribution in [0.5, 0.6) is 0 Å². The molecule has 1 aromatic rings. The number of nitrogens with one attached hydrogen (secondary N) is 1. The van der Waals surface area contributed by atoms with Gasteiger partial charge in [0.25, 0.3) is 0 Å². The highest BCUT2D eigenvalue weighted by molar-refractivity contribution is 5.14. The molecule has 1 aromatic heterocycles. The molecule has 0 spiro atoms. The van der Waals surface area contributed by atoms with E-state index in [1.165, 1.54) is 12.8 Å². The van der Waals surface area contributed by atoms with E-state index in [0.717, 1.165) is 44.2 Å². The predicted molar refractivity (Wildman–Crippen MR) is 56.6 cm³/mol. The van der Waals surface area contributed by atoms with Crippen molar-refractivity contribution < 1.29 is 4.52 Å². The molecule has 2 heterocycles. The van der Waals surface area contributed by atoms with Crippen LogP contribution in [0, 0.1) is 0 Å². The maximum atomic E-state index is 5.34. The minimum absolute atomic E-state index is 0.675. The normalized spacial score (nSPS) is 23.2. The van der Waals surface area contributed by atoms with Crippen LogP contribution in [0.3, 0.4) is 0 Å². The van der Waals surface area contributed by atoms with Gasteiger partial charge in [-0.3, -0.25) is 4.90 Å². The van der Waals surface area contributed by atoms with Crippen molar-refractivity contribution >= 4 is 0 Å². The van der Waals surface area contributed by atoms with Gasteiger partial charge in [-0.05, 0) is 12.8 Å². The Bertz CT molecular complexity index is 326. The van der Waals surface area contributed by atoms with Gasteiger partial charge in [0, 0.05) is 44.7 Å². The zero-order valence-electron chi connectivity index (χ0n) is 8.91. The average molecular weight is 207 g/mol. The van der Waals surface area contributed by atoms with Crippen LogP contribution < -0.4 is 5.32 Å². The molecule has 4 heteroatoms. The van der Waals surface area contributed by atoms with Crippen molar-refractivity contribution in [1.29, 1.82) is 0 Å². The molecular weight excluding hydrogens is 190 g/mol. The molecule has 3 rings (SSSR count). The van der Waals surface area contributed by atoms with Gasteiger partial charge in [-0.25, -0.2) is 0 Å². The fraction of sp³-hybridized carbons (Fsp3) is 0.727. The topological polar surface area (TPSA) is 41.3 Å². The summed E-state index contributed by atoms with van der Waals surface area (Å²) in [5.41, 5.74) is 1.10. The number of hydrogen-bond donors (Lipinski definition) is 1. The molecule has 15 heavy (non-hydrogen) atoms. The molecule has 2 aliphatic rings. The summed E-state index contributed by atoms with van der Waals surface area (Å²) < 4.78 is 5.34. The van der Waals surface area contributed by atoms with Gasteiger partial charge >= 0.3 is 0 Å². The van der Waals surface area contributed by atoms with Crippen LogP contribution in [0.2, 0.25) is 0 Å². The van der Waals surface area contributed by atoms with Gasteiger partial charge in [0.2, 0.25) is 0 Å². The Morgan fingerprint density at radius 3 is 2.93 bits per heavy atom. The third-order valence-corrected chi connectivity index (χ3v) is 3.15. The molecule has 4 nitrogen and oxygen atoms in total. The highest BCUT2D eigenvalue weighted by Gasteiger charge is 2.28. The molecule has 0 atom stereocenters. The number of aromatic nitrogens is 1. The van der Waals surface area contributed by atoms with Gasteiger partial charge in [0.1, 0.15) is 5.76 Å². The monoisotopic (exact) mass is 207 g/mol. The highest BCUT2D eigenvalue weighted by Crippen LogP contribution is 2.40. The number of piperazine rings is 1. The Labute approximate surface area is 89.6 Å². The van der Waals surface area contributed by atoms with Crippen molar-refractivity contribution in [3.05, 3.63) is 17.5 Å². The van der Waals surface area contributed by atoms with Crippen LogP contribution in [0.15, 0.2) is 10.6 Å². The van der Waals surface area contributed by atoms with E-state index in [9.17, 15) is 0 Å². The lowest BCUT2D eigenvalue weighted by Crippen LogP contribution is -2.42. The van der Waals surface area contributed by atoms with Crippen LogP contribution in [-0.2, 0) is 6.54 Å².